The first kappa shape index (κ1) is 14.7. The van der Waals surface area contributed by atoms with Crippen molar-refractivity contribution < 1.29 is 4.79 Å². The number of nitrogens with zero attached hydrogens (tertiary/aromatic N) is 2. The molecule has 4 nitrogen and oxygen atoms in total. The van der Waals surface area contributed by atoms with Crippen LogP contribution in [0.2, 0.25) is 0 Å². The molecule has 2 rings (SSSR count). The molecule has 106 valence electrons. The third-order valence-electron chi connectivity index (χ3n) is 3.20. The van der Waals surface area contributed by atoms with Crippen LogP contribution in [0.25, 0.3) is 11.3 Å². The first-order valence-electron chi connectivity index (χ1n) is 6.52. The Morgan fingerprint density at radius 3 is 2.70 bits per heavy atom. The minimum atomic E-state index is -0.347. The molecule has 0 unspecified atom stereocenters. The Hall–Kier alpha value is -1.75. The summed E-state index contributed by atoms with van der Waals surface area (Å²) in [7, 11) is 0. The Balaban J connectivity index is 2.41. The topological polar surface area (TPSA) is 60.9 Å². The van der Waals surface area contributed by atoms with E-state index in [-0.39, 0.29) is 12.5 Å². The van der Waals surface area contributed by atoms with E-state index in [0.29, 0.717) is 5.25 Å². The first-order valence-corrected chi connectivity index (χ1v) is 7.81. The van der Waals surface area contributed by atoms with Gasteiger partial charge in [-0.15, -0.1) is 0 Å². The molecular weight excluding hydrogens is 270 g/mol. The minimum Gasteiger partial charge on any atom is -0.368 e. The highest BCUT2D eigenvalue weighted by Crippen LogP contribution is 2.25. The molecule has 1 atom stereocenters. The average molecular weight is 289 g/mol. The van der Waals surface area contributed by atoms with Crippen molar-refractivity contribution in [2.24, 2.45) is 5.73 Å². The third-order valence-corrected chi connectivity index (χ3v) is 4.17. The predicted molar refractivity (Wildman–Crippen MR) is 83.5 cm³/mol. The molecule has 2 aromatic rings. The number of carbonyl (C=O) groups is 1. The molecule has 5 heteroatoms. The molecule has 1 heterocycles. The van der Waals surface area contributed by atoms with Crippen LogP contribution in [0, 0.1) is 0 Å². The molecule has 0 aliphatic rings. The van der Waals surface area contributed by atoms with Gasteiger partial charge >= 0.3 is 0 Å². The van der Waals surface area contributed by atoms with Gasteiger partial charge in [-0.25, -0.2) is 4.98 Å². The molecule has 0 aliphatic carbocycles. The van der Waals surface area contributed by atoms with Crippen molar-refractivity contribution in [1.82, 2.24) is 9.55 Å². The van der Waals surface area contributed by atoms with Crippen molar-refractivity contribution in [3.63, 3.8) is 0 Å². The quantitative estimate of drug-likeness (QED) is 0.888. The van der Waals surface area contributed by atoms with Gasteiger partial charge in [-0.2, -0.15) is 11.8 Å². The molecule has 0 saturated heterocycles. The largest absolute Gasteiger partial charge is 0.368 e. The number of imidazole rings is 1. The Morgan fingerprint density at radius 2 is 2.10 bits per heavy atom. The van der Waals surface area contributed by atoms with Gasteiger partial charge in [-0.1, -0.05) is 37.3 Å². The second-order valence-corrected chi connectivity index (χ2v) is 6.03. The van der Waals surface area contributed by atoms with E-state index < -0.39 is 0 Å². The van der Waals surface area contributed by atoms with Crippen LogP contribution >= 0.6 is 11.8 Å². The van der Waals surface area contributed by atoms with Crippen molar-refractivity contribution in [1.29, 1.82) is 0 Å². The Morgan fingerprint density at radius 1 is 1.40 bits per heavy atom. The van der Waals surface area contributed by atoms with E-state index in [0.717, 1.165) is 23.4 Å². The van der Waals surface area contributed by atoms with Gasteiger partial charge in [-0.05, 0) is 6.26 Å². The maximum atomic E-state index is 11.2. The summed E-state index contributed by atoms with van der Waals surface area (Å²) in [5, 5.41) is 0.459. The average Bonchev–Trinajstić information content (AvgIpc) is 2.82. The zero-order valence-corrected chi connectivity index (χ0v) is 12.6. The monoisotopic (exact) mass is 289 g/mol. The van der Waals surface area contributed by atoms with Crippen LogP contribution in [0.15, 0.2) is 36.7 Å². The molecule has 20 heavy (non-hydrogen) atoms. The van der Waals surface area contributed by atoms with Gasteiger partial charge in [0.2, 0.25) is 5.91 Å². The molecule has 0 fully saturated rings. The van der Waals surface area contributed by atoms with Crippen molar-refractivity contribution in [2.75, 3.05) is 6.26 Å². The number of amides is 1. The second-order valence-electron chi connectivity index (χ2n) is 4.75. The van der Waals surface area contributed by atoms with Crippen LogP contribution in [0.5, 0.6) is 0 Å². The van der Waals surface area contributed by atoms with Crippen molar-refractivity contribution in [3.05, 3.63) is 42.4 Å². The zero-order chi connectivity index (χ0) is 14.5. The molecule has 0 saturated carbocycles. The lowest BCUT2D eigenvalue weighted by molar-refractivity contribution is -0.118. The molecule has 1 amide bonds. The summed E-state index contributed by atoms with van der Waals surface area (Å²) in [5.74, 6) is -0.347. The molecule has 1 aromatic carbocycles. The van der Waals surface area contributed by atoms with Gasteiger partial charge in [0.05, 0.1) is 12.0 Å². The number of hydrogen-bond donors (Lipinski definition) is 1. The van der Waals surface area contributed by atoms with Crippen LogP contribution in [-0.4, -0.2) is 27.0 Å². The number of primary amides is 1. The maximum absolute atomic E-state index is 11.2. The van der Waals surface area contributed by atoms with E-state index in [4.69, 9.17) is 5.73 Å². The fraction of sp³-hybridized carbons (Fsp3) is 0.333. The zero-order valence-electron chi connectivity index (χ0n) is 11.7. The summed E-state index contributed by atoms with van der Waals surface area (Å²) in [6.45, 7) is 2.34. The summed E-state index contributed by atoms with van der Waals surface area (Å²) in [4.78, 5) is 15.7. The number of nitrogens with two attached hydrogens (primary N) is 1. The summed E-state index contributed by atoms with van der Waals surface area (Å²) in [6.07, 6.45) is 4.65. The van der Waals surface area contributed by atoms with Crippen LogP contribution < -0.4 is 5.73 Å². The number of carbonyl (C=O) groups excluding carboxylic acids is 1. The summed E-state index contributed by atoms with van der Waals surface area (Å²) < 4.78 is 1.86. The van der Waals surface area contributed by atoms with Crippen molar-refractivity contribution in [3.8, 4) is 11.3 Å². The van der Waals surface area contributed by atoms with Gasteiger partial charge in [0, 0.05) is 22.9 Å². The van der Waals surface area contributed by atoms with Gasteiger partial charge < -0.3 is 10.3 Å². The molecule has 0 aliphatic heterocycles. The van der Waals surface area contributed by atoms with Crippen LogP contribution in [0.1, 0.15) is 12.6 Å². The number of benzene rings is 1. The third kappa shape index (κ3) is 3.42. The normalized spacial score (nSPS) is 12.3. The SMILES string of the molecule is CS[C@@H](C)Cc1c(-c2ccccc2)ncn1CC(N)=O. The highest BCUT2D eigenvalue weighted by Gasteiger charge is 2.16. The van der Waals surface area contributed by atoms with Crippen LogP contribution in [-0.2, 0) is 17.8 Å². The maximum Gasteiger partial charge on any atom is 0.237 e. The molecule has 0 radical (unpaired) electrons. The summed E-state index contributed by atoms with van der Waals surface area (Å²) in [5.41, 5.74) is 8.38. The van der Waals surface area contributed by atoms with Gasteiger partial charge in [-0.3, -0.25) is 4.79 Å². The molecule has 2 N–H and O–H groups in total. The highest BCUT2D eigenvalue weighted by molar-refractivity contribution is 7.99. The van der Waals surface area contributed by atoms with Crippen LogP contribution in [0.4, 0.5) is 0 Å². The van der Waals surface area contributed by atoms with E-state index in [2.05, 4.69) is 18.2 Å². The first-order chi connectivity index (χ1) is 9.61. The smallest absolute Gasteiger partial charge is 0.237 e. The van der Waals surface area contributed by atoms with E-state index in [9.17, 15) is 4.79 Å². The fourth-order valence-electron chi connectivity index (χ4n) is 2.12. The lowest BCUT2D eigenvalue weighted by atomic mass is 10.1. The number of thioether (sulfide) groups is 1. The van der Waals surface area contributed by atoms with Gasteiger partial charge in [0.15, 0.2) is 0 Å². The van der Waals surface area contributed by atoms with E-state index in [1.54, 1.807) is 18.1 Å². The number of rotatable bonds is 6. The van der Waals surface area contributed by atoms with Crippen molar-refractivity contribution in [2.45, 2.75) is 25.1 Å². The predicted octanol–water partition coefficient (Wildman–Crippen LogP) is 2.33. The summed E-state index contributed by atoms with van der Waals surface area (Å²) in [6, 6.07) is 10.0. The van der Waals surface area contributed by atoms with Crippen LogP contribution in [0.3, 0.4) is 0 Å². The Bertz CT molecular complexity index is 580. The van der Waals surface area contributed by atoms with Gasteiger partial charge in [0.25, 0.3) is 0 Å². The fourth-order valence-corrected chi connectivity index (χ4v) is 2.44. The van der Waals surface area contributed by atoms with E-state index >= 15 is 0 Å². The molecule has 0 spiro atoms. The number of hydrogen-bond acceptors (Lipinski definition) is 3. The highest BCUT2D eigenvalue weighted by atomic mass is 32.2. The Labute approximate surface area is 123 Å². The summed E-state index contributed by atoms with van der Waals surface area (Å²) >= 11 is 1.80. The van der Waals surface area contributed by atoms with E-state index in [1.807, 2.05) is 34.9 Å². The molecular formula is C15H19N3OS. The minimum absolute atomic E-state index is 0.177. The Kier molecular flexibility index (Phi) is 4.84. The van der Waals surface area contributed by atoms with Gasteiger partial charge in [0.1, 0.15) is 6.54 Å². The molecule has 0 bridgehead atoms. The standard InChI is InChI=1S/C15H19N3OS/c1-11(20-2)8-13-15(12-6-4-3-5-7-12)17-10-18(13)9-14(16)19/h3-7,10-11H,8-9H2,1-2H3,(H2,16,19)/t11-/m0/s1. The second kappa shape index (κ2) is 6.61. The lowest BCUT2D eigenvalue weighted by Crippen LogP contribution is -2.20. The van der Waals surface area contributed by atoms with Crippen molar-refractivity contribution >= 4 is 17.7 Å². The van der Waals surface area contributed by atoms with E-state index in [1.165, 1.54) is 0 Å². The number of aromatic nitrogens is 2. The lowest BCUT2D eigenvalue weighted by Gasteiger charge is -2.12. The molecule has 1 aromatic heterocycles.